The molecule has 144 valence electrons. The van der Waals surface area contributed by atoms with Gasteiger partial charge >= 0.3 is 0 Å². The Morgan fingerprint density at radius 2 is 1.77 bits per heavy atom. The number of carbonyl (C=O) groups is 2. The summed E-state index contributed by atoms with van der Waals surface area (Å²) in [6.45, 7) is 10.9. The number of piperazine rings is 1. The topological polar surface area (TPSA) is 61.9 Å². The third-order valence-electron chi connectivity index (χ3n) is 4.47. The maximum atomic E-state index is 12.0. The summed E-state index contributed by atoms with van der Waals surface area (Å²) in [4.78, 5) is 27.9. The van der Waals surface area contributed by atoms with Gasteiger partial charge in [0, 0.05) is 50.6 Å². The number of benzene rings is 1. The lowest BCUT2D eigenvalue weighted by Gasteiger charge is -2.35. The number of anilines is 1. The van der Waals surface area contributed by atoms with Crippen molar-refractivity contribution in [2.75, 3.05) is 50.8 Å². The van der Waals surface area contributed by atoms with E-state index in [1.54, 1.807) is 6.92 Å². The molecule has 0 bridgehead atoms. The number of hydrogen-bond acceptors (Lipinski definition) is 5. The number of Topliss-reactive ketones (excluding diaryl/α,β-unsaturated/α-hetero) is 1. The van der Waals surface area contributed by atoms with Crippen molar-refractivity contribution >= 4 is 17.4 Å². The molecule has 1 aromatic carbocycles. The van der Waals surface area contributed by atoms with Gasteiger partial charge in [0.25, 0.3) is 0 Å². The van der Waals surface area contributed by atoms with Crippen LogP contribution in [0.4, 0.5) is 5.69 Å². The number of nitrogens with zero attached hydrogens (tertiary/aromatic N) is 2. The molecule has 1 N–H and O–H groups in total. The average molecular weight is 361 g/mol. The summed E-state index contributed by atoms with van der Waals surface area (Å²) in [6.07, 6.45) is 1.08. The standard InChI is InChI=1S/C20H31N3O3/c1-16(2)26-14-4-9-21-20(25)15-22-10-12-23(13-11-22)19-7-5-18(6-8-19)17(3)24/h5-8,16H,4,9-15H2,1-3H3,(H,21,25). The molecule has 1 aliphatic rings. The molecular formula is C20H31N3O3. The average Bonchev–Trinajstić information content (AvgIpc) is 2.62. The van der Waals surface area contributed by atoms with Gasteiger partial charge in [-0.1, -0.05) is 0 Å². The molecule has 0 atom stereocenters. The van der Waals surface area contributed by atoms with Crippen molar-refractivity contribution in [3.05, 3.63) is 29.8 Å². The molecule has 1 aliphatic heterocycles. The lowest BCUT2D eigenvalue weighted by atomic mass is 10.1. The first kappa shape index (κ1) is 20.4. The number of nitrogens with one attached hydrogen (secondary N) is 1. The van der Waals surface area contributed by atoms with E-state index in [9.17, 15) is 9.59 Å². The third kappa shape index (κ3) is 6.77. The van der Waals surface area contributed by atoms with E-state index in [1.165, 1.54) is 0 Å². The fraction of sp³-hybridized carbons (Fsp3) is 0.600. The fourth-order valence-corrected chi connectivity index (χ4v) is 2.95. The summed E-state index contributed by atoms with van der Waals surface area (Å²) in [5.41, 5.74) is 1.87. The minimum absolute atomic E-state index is 0.0776. The van der Waals surface area contributed by atoms with E-state index in [1.807, 2.05) is 38.1 Å². The highest BCUT2D eigenvalue weighted by Gasteiger charge is 2.19. The molecule has 0 saturated carbocycles. The van der Waals surface area contributed by atoms with Gasteiger partial charge in [-0.2, -0.15) is 0 Å². The van der Waals surface area contributed by atoms with Crippen LogP contribution in [0.5, 0.6) is 0 Å². The molecular weight excluding hydrogens is 330 g/mol. The number of rotatable bonds is 9. The Morgan fingerprint density at radius 3 is 2.35 bits per heavy atom. The zero-order valence-electron chi connectivity index (χ0n) is 16.2. The first-order valence-electron chi connectivity index (χ1n) is 9.42. The van der Waals surface area contributed by atoms with Crippen LogP contribution in [0.1, 0.15) is 37.6 Å². The smallest absolute Gasteiger partial charge is 0.234 e. The van der Waals surface area contributed by atoms with Gasteiger partial charge in [0.1, 0.15) is 0 Å². The molecule has 0 spiro atoms. The lowest BCUT2D eigenvalue weighted by molar-refractivity contribution is -0.122. The van der Waals surface area contributed by atoms with Crippen LogP contribution in [-0.2, 0) is 9.53 Å². The van der Waals surface area contributed by atoms with Crippen LogP contribution in [0.3, 0.4) is 0 Å². The van der Waals surface area contributed by atoms with Crippen LogP contribution in [-0.4, -0.2) is 68.6 Å². The molecule has 1 amide bonds. The van der Waals surface area contributed by atoms with Crippen molar-refractivity contribution in [3.63, 3.8) is 0 Å². The second-order valence-electron chi connectivity index (χ2n) is 6.99. The molecule has 6 nitrogen and oxygen atoms in total. The number of ether oxygens (including phenoxy) is 1. The Hall–Kier alpha value is -1.92. The Labute approximate surface area is 156 Å². The monoisotopic (exact) mass is 361 g/mol. The molecule has 1 saturated heterocycles. The summed E-state index contributed by atoms with van der Waals surface area (Å²) in [5, 5.41) is 2.96. The highest BCUT2D eigenvalue weighted by Crippen LogP contribution is 2.17. The summed E-state index contributed by atoms with van der Waals surface area (Å²) in [7, 11) is 0. The Morgan fingerprint density at radius 1 is 1.12 bits per heavy atom. The normalized spacial score (nSPS) is 15.3. The van der Waals surface area contributed by atoms with E-state index < -0.39 is 0 Å². The number of hydrogen-bond donors (Lipinski definition) is 1. The molecule has 1 aromatic rings. The molecule has 0 unspecified atom stereocenters. The summed E-state index contributed by atoms with van der Waals surface area (Å²) >= 11 is 0. The third-order valence-corrected chi connectivity index (χ3v) is 4.47. The van der Waals surface area contributed by atoms with Crippen LogP contribution in [0.2, 0.25) is 0 Å². The zero-order chi connectivity index (χ0) is 18.9. The van der Waals surface area contributed by atoms with Crippen molar-refractivity contribution in [1.82, 2.24) is 10.2 Å². The number of amides is 1. The SMILES string of the molecule is CC(=O)c1ccc(N2CCN(CC(=O)NCCCOC(C)C)CC2)cc1. The second kappa shape index (κ2) is 10.3. The van der Waals surface area contributed by atoms with Gasteiger partial charge in [-0.15, -0.1) is 0 Å². The molecule has 1 fully saturated rings. The molecule has 0 aromatic heterocycles. The lowest BCUT2D eigenvalue weighted by Crippen LogP contribution is -2.49. The van der Waals surface area contributed by atoms with Gasteiger partial charge in [-0.3, -0.25) is 14.5 Å². The number of carbonyl (C=O) groups excluding carboxylic acids is 2. The van der Waals surface area contributed by atoms with E-state index in [0.717, 1.165) is 43.9 Å². The molecule has 0 radical (unpaired) electrons. The minimum atomic E-state index is 0.0776. The van der Waals surface area contributed by atoms with Gasteiger partial charge in [-0.05, 0) is 51.5 Å². The first-order chi connectivity index (χ1) is 12.5. The van der Waals surface area contributed by atoms with E-state index >= 15 is 0 Å². The van der Waals surface area contributed by atoms with Crippen LogP contribution in [0.25, 0.3) is 0 Å². The summed E-state index contributed by atoms with van der Waals surface area (Å²) in [5.74, 6) is 0.164. The molecule has 1 heterocycles. The van der Waals surface area contributed by atoms with Gasteiger partial charge < -0.3 is 15.0 Å². The molecule has 0 aliphatic carbocycles. The molecule has 2 rings (SSSR count). The summed E-state index contributed by atoms with van der Waals surface area (Å²) < 4.78 is 5.46. The number of ketones is 1. The van der Waals surface area contributed by atoms with Crippen molar-refractivity contribution in [3.8, 4) is 0 Å². The van der Waals surface area contributed by atoms with Gasteiger partial charge in [0.05, 0.1) is 12.6 Å². The van der Waals surface area contributed by atoms with E-state index in [-0.39, 0.29) is 17.8 Å². The maximum Gasteiger partial charge on any atom is 0.234 e. The predicted molar refractivity (Wildman–Crippen MR) is 104 cm³/mol. The maximum absolute atomic E-state index is 12.0. The highest BCUT2D eigenvalue weighted by atomic mass is 16.5. The molecule has 26 heavy (non-hydrogen) atoms. The minimum Gasteiger partial charge on any atom is -0.379 e. The quantitative estimate of drug-likeness (QED) is 0.538. The molecule has 6 heteroatoms. The Balaban J connectivity index is 1.66. The van der Waals surface area contributed by atoms with Crippen molar-refractivity contribution in [2.45, 2.75) is 33.3 Å². The zero-order valence-corrected chi connectivity index (χ0v) is 16.2. The van der Waals surface area contributed by atoms with Gasteiger partial charge in [-0.25, -0.2) is 0 Å². The Bertz CT molecular complexity index is 578. The van der Waals surface area contributed by atoms with Gasteiger partial charge in [0.2, 0.25) is 5.91 Å². The fourth-order valence-electron chi connectivity index (χ4n) is 2.95. The van der Waals surface area contributed by atoms with Crippen molar-refractivity contribution < 1.29 is 14.3 Å². The van der Waals surface area contributed by atoms with Crippen LogP contribution >= 0.6 is 0 Å². The van der Waals surface area contributed by atoms with Crippen molar-refractivity contribution in [1.29, 1.82) is 0 Å². The van der Waals surface area contributed by atoms with E-state index in [4.69, 9.17) is 4.74 Å². The largest absolute Gasteiger partial charge is 0.379 e. The van der Waals surface area contributed by atoms with Crippen LogP contribution < -0.4 is 10.2 Å². The van der Waals surface area contributed by atoms with Crippen molar-refractivity contribution in [2.24, 2.45) is 0 Å². The first-order valence-corrected chi connectivity index (χ1v) is 9.42. The highest BCUT2D eigenvalue weighted by molar-refractivity contribution is 5.94. The Kier molecular flexibility index (Phi) is 8.06. The second-order valence-corrected chi connectivity index (χ2v) is 6.99. The predicted octanol–water partition coefficient (Wildman–Crippen LogP) is 1.94. The van der Waals surface area contributed by atoms with E-state index in [2.05, 4.69) is 15.1 Å². The van der Waals surface area contributed by atoms with E-state index in [0.29, 0.717) is 19.7 Å². The van der Waals surface area contributed by atoms with Crippen LogP contribution in [0.15, 0.2) is 24.3 Å². The van der Waals surface area contributed by atoms with Gasteiger partial charge in [0.15, 0.2) is 5.78 Å². The summed E-state index contributed by atoms with van der Waals surface area (Å²) in [6, 6.07) is 7.75. The van der Waals surface area contributed by atoms with Crippen LogP contribution in [0, 0.1) is 0 Å².